The molecule has 0 radical (unpaired) electrons. The van der Waals surface area contributed by atoms with Crippen LogP contribution in [0.2, 0.25) is 0 Å². The van der Waals surface area contributed by atoms with Crippen LogP contribution in [0.4, 0.5) is 0 Å². The topological polar surface area (TPSA) is 68.0 Å². The average molecular weight is 281 g/mol. The number of nitrogens with two attached hydrogens (primary N) is 1. The molecule has 1 aliphatic rings. The molecule has 1 aromatic heterocycles. The summed E-state index contributed by atoms with van der Waals surface area (Å²) in [5.74, 6) is 1.25. The van der Waals surface area contributed by atoms with Gasteiger partial charge >= 0.3 is 0 Å². The molecule has 0 aliphatic heterocycles. The molecular formula is C14H23N3OS. The molecule has 1 amide bonds. The van der Waals surface area contributed by atoms with Gasteiger partial charge in [0, 0.05) is 11.4 Å². The van der Waals surface area contributed by atoms with E-state index in [1.165, 1.54) is 24.2 Å². The lowest BCUT2D eigenvalue weighted by molar-refractivity contribution is 0.0895. The maximum absolute atomic E-state index is 12.2. The summed E-state index contributed by atoms with van der Waals surface area (Å²) < 4.78 is 0. The third-order valence-corrected chi connectivity index (χ3v) is 4.94. The number of carbonyl (C=O) groups excluding carboxylic acids is 1. The fraction of sp³-hybridized carbons (Fsp3) is 0.714. The van der Waals surface area contributed by atoms with Crippen molar-refractivity contribution in [3.63, 3.8) is 0 Å². The summed E-state index contributed by atoms with van der Waals surface area (Å²) in [4.78, 5) is 16.5. The minimum Gasteiger partial charge on any atom is -0.348 e. The molecule has 0 aromatic carbocycles. The van der Waals surface area contributed by atoms with E-state index in [4.69, 9.17) is 5.73 Å². The van der Waals surface area contributed by atoms with E-state index in [2.05, 4.69) is 24.1 Å². The molecule has 106 valence electrons. The van der Waals surface area contributed by atoms with E-state index in [1.54, 1.807) is 5.38 Å². The molecule has 0 spiro atoms. The fourth-order valence-electron chi connectivity index (χ4n) is 2.72. The van der Waals surface area contributed by atoms with Gasteiger partial charge < -0.3 is 11.1 Å². The number of hydrogen-bond donors (Lipinski definition) is 2. The molecule has 0 bridgehead atoms. The minimum absolute atomic E-state index is 0.0606. The van der Waals surface area contributed by atoms with Crippen LogP contribution in [-0.4, -0.2) is 16.9 Å². The number of aromatic nitrogens is 1. The second kappa shape index (κ2) is 6.01. The van der Waals surface area contributed by atoms with Crippen molar-refractivity contribution in [2.75, 3.05) is 0 Å². The summed E-state index contributed by atoms with van der Waals surface area (Å²) in [6, 6.07) is 0.171. The lowest BCUT2D eigenvalue weighted by atomic mass is 9.80. The second-order valence-electron chi connectivity index (χ2n) is 5.84. The van der Waals surface area contributed by atoms with Gasteiger partial charge in [-0.05, 0) is 38.0 Å². The summed E-state index contributed by atoms with van der Waals surface area (Å²) in [7, 11) is 0. The maximum Gasteiger partial charge on any atom is 0.270 e. The van der Waals surface area contributed by atoms with Gasteiger partial charge in [-0.1, -0.05) is 13.8 Å². The molecule has 1 saturated carbocycles. The monoisotopic (exact) mass is 281 g/mol. The highest BCUT2D eigenvalue weighted by Crippen LogP contribution is 2.28. The smallest absolute Gasteiger partial charge is 0.270 e. The van der Waals surface area contributed by atoms with E-state index in [9.17, 15) is 4.79 Å². The summed E-state index contributed by atoms with van der Waals surface area (Å²) >= 11 is 1.45. The maximum atomic E-state index is 12.2. The van der Waals surface area contributed by atoms with Crippen molar-refractivity contribution >= 4 is 17.2 Å². The van der Waals surface area contributed by atoms with Gasteiger partial charge in [-0.2, -0.15) is 0 Å². The van der Waals surface area contributed by atoms with Gasteiger partial charge in [-0.15, -0.1) is 11.3 Å². The molecule has 5 heteroatoms. The van der Waals surface area contributed by atoms with Crippen molar-refractivity contribution in [1.82, 2.24) is 10.3 Å². The van der Waals surface area contributed by atoms with Crippen molar-refractivity contribution in [3.8, 4) is 0 Å². The summed E-state index contributed by atoms with van der Waals surface area (Å²) in [6.07, 6.45) is 3.45. The SMILES string of the molecule is CC1CCC(NC(=O)c2csc(C(C)N)n2)C(C)C1. The molecule has 2 rings (SSSR count). The third-order valence-electron chi connectivity index (χ3n) is 3.89. The van der Waals surface area contributed by atoms with Crippen LogP contribution < -0.4 is 11.1 Å². The van der Waals surface area contributed by atoms with Gasteiger partial charge in [0.1, 0.15) is 10.7 Å². The molecule has 19 heavy (non-hydrogen) atoms. The Morgan fingerprint density at radius 3 is 2.84 bits per heavy atom. The molecule has 0 saturated heterocycles. The standard InChI is InChI=1S/C14H23N3OS/c1-8-4-5-11(9(2)6-8)16-13(18)12-7-19-14(17-12)10(3)15/h7-11H,4-6,15H2,1-3H3,(H,16,18). The molecule has 4 nitrogen and oxygen atoms in total. The Labute approximate surface area is 118 Å². The van der Waals surface area contributed by atoms with Crippen LogP contribution in [0.3, 0.4) is 0 Å². The van der Waals surface area contributed by atoms with Crippen molar-refractivity contribution in [1.29, 1.82) is 0 Å². The Morgan fingerprint density at radius 1 is 1.53 bits per heavy atom. The van der Waals surface area contributed by atoms with E-state index >= 15 is 0 Å². The average Bonchev–Trinajstić information content (AvgIpc) is 2.82. The van der Waals surface area contributed by atoms with Crippen LogP contribution in [0, 0.1) is 11.8 Å². The van der Waals surface area contributed by atoms with Gasteiger partial charge in [-0.25, -0.2) is 4.98 Å². The zero-order valence-corrected chi connectivity index (χ0v) is 12.7. The van der Waals surface area contributed by atoms with Gasteiger partial charge in [0.2, 0.25) is 0 Å². The first kappa shape index (κ1) is 14.5. The molecule has 4 unspecified atom stereocenters. The number of carbonyl (C=O) groups is 1. The van der Waals surface area contributed by atoms with Crippen LogP contribution in [0.15, 0.2) is 5.38 Å². The first-order valence-corrected chi connectivity index (χ1v) is 7.87. The number of nitrogens with zero attached hydrogens (tertiary/aromatic N) is 1. The normalized spacial score (nSPS) is 28.9. The number of hydrogen-bond acceptors (Lipinski definition) is 4. The summed E-state index contributed by atoms with van der Waals surface area (Å²) in [5.41, 5.74) is 6.27. The van der Waals surface area contributed by atoms with Gasteiger partial charge in [0.25, 0.3) is 5.91 Å². The molecule has 1 heterocycles. The molecule has 3 N–H and O–H groups in total. The van der Waals surface area contributed by atoms with E-state index in [-0.39, 0.29) is 18.0 Å². The van der Waals surface area contributed by atoms with Crippen LogP contribution in [0.5, 0.6) is 0 Å². The summed E-state index contributed by atoms with van der Waals surface area (Å²) in [5, 5.41) is 5.73. The molecule has 4 atom stereocenters. The Hall–Kier alpha value is -0.940. The molecule has 1 fully saturated rings. The zero-order valence-electron chi connectivity index (χ0n) is 11.8. The number of nitrogens with one attached hydrogen (secondary N) is 1. The second-order valence-corrected chi connectivity index (χ2v) is 6.72. The first-order valence-electron chi connectivity index (χ1n) is 6.99. The van der Waals surface area contributed by atoms with E-state index in [1.807, 2.05) is 6.92 Å². The Bertz CT molecular complexity index is 444. The Kier molecular flexibility index (Phi) is 4.58. The highest BCUT2D eigenvalue weighted by atomic mass is 32.1. The molecule has 1 aromatic rings. The van der Waals surface area contributed by atoms with E-state index in [0.29, 0.717) is 11.6 Å². The van der Waals surface area contributed by atoms with Gasteiger partial charge in [0.05, 0.1) is 6.04 Å². The quantitative estimate of drug-likeness (QED) is 0.895. The van der Waals surface area contributed by atoms with Gasteiger partial charge in [-0.3, -0.25) is 4.79 Å². The first-order chi connectivity index (χ1) is 8.97. The Morgan fingerprint density at radius 2 is 2.26 bits per heavy atom. The fourth-order valence-corrected chi connectivity index (χ4v) is 3.48. The van der Waals surface area contributed by atoms with E-state index in [0.717, 1.165) is 17.3 Å². The van der Waals surface area contributed by atoms with Crippen LogP contribution in [-0.2, 0) is 0 Å². The predicted molar refractivity (Wildman–Crippen MR) is 78.1 cm³/mol. The largest absolute Gasteiger partial charge is 0.348 e. The predicted octanol–water partition coefficient (Wildman–Crippen LogP) is 2.72. The van der Waals surface area contributed by atoms with Crippen LogP contribution >= 0.6 is 11.3 Å². The lowest BCUT2D eigenvalue weighted by Crippen LogP contribution is -2.42. The Balaban J connectivity index is 1.96. The minimum atomic E-state index is -0.110. The van der Waals surface area contributed by atoms with Crippen molar-refractivity contribution in [3.05, 3.63) is 16.1 Å². The number of amides is 1. The molecule has 1 aliphatic carbocycles. The van der Waals surface area contributed by atoms with Crippen molar-refractivity contribution in [2.45, 2.75) is 52.1 Å². The zero-order chi connectivity index (χ0) is 14.0. The van der Waals surface area contributed by atoms with Gasteiger partial charge in [0.15, 0.2) is 0 Å². The summed E-state index contributed by atoms with van der Waals surface area (Å²) in [6.45, 7) is 6.38. The van der Waals surface area contributed by atoms with Crippen LogP contribution in [0.25, 0.3) is 0 Å². The van der Waals surface area contributed by atoms with Crippen molar-refractivity contribution < 1.29 is 4.79 Å². The highest BCUT2D eigenvalue weighted by molar-refractivity contribution is 7.09. The van der Waals surface area contributed by atoms with Crippen LogP contribution in [0.1, 0.15) is 61.6 Å². The number of thiazole rings is 1. The van der Waals surface area contributed by atoms with E-state index < -0.39 is 0 Å². The highest BCUT2D eigenvalue weighted by Gasteiger charge is 2.27. The molecular weight excluding hydrogens is 258 g/mol. The lowest BCUT2D eigenvalue weighted by Gasteiger charge is -2.32. The third kappa shape index (κ3) is 3.54. The van der Waals surface area contributed by atoms with Crippen molar-refractivity contribution in [2.24, 2.45) is 17.6 Å². The number of rotatable bonds is 3.